The Morgan fingerprint density at radius 1 is 1.24 bits per heavy atom. The minimum atomic E-state index is -0.195. The molecule has 4 unspecified atom stereocenters. The Hall–Kier alpha value is -0.930. The highest BCUT2D eigenvalue weighted by Crippen LogP contribution is 2.48. The quantitative estimate of drug-likeness (QED) is 0.867. The highest BCUT2D eigenvalue weighted by Gasteiger charge is 2.39. The second-order valence-electron chi connectivity index (χ2n) is 7.14. The van der Waals surface area contributed by atoms with E-state index < -0.39 is 0 Å². The molecule has 0 amide bonds. The van der Waals surface area contributed by atoms with E-state index in [1.165, 1.54) is 44.4 Å². The van der Waals surface area contributed by atoms with Crippen molar-refractivity contribution < 1.29 is 4.39 Å². The molecule has 2 bridgehead atoms. The van der Waals surface area contributed by atoms with Crippen LogP contribution in [0.25, 0.3) is 0 Å². The minimum absolute atomic E-state index is 0.00748. The van der Waals surface area contributed by atoms with E-state index in [1.54, 1.807) is 12.1 Å². The van der Waals surface area contributed by atoms with Crippen molar-refractivity contribution in [2.24, 2.45) is 23.5 Å². The number of rotatable bonds is 6. The molecule has 0 spiro atoms. The highest BCUT2D eigenvalue weighted by molar-refractivity contribution is 5.19. The summed E-state index contributed by atoms with van der Waals surface area (Å²) < 4.78 is 12.9. The first kappa shape index (κ1) is 15.0. The van der Waals surface area contributed by atoms with Crippen molar-refractivity contribution in [2.75, 3.05) is 20.1 Å². The van der Waals surface area contributed by atoms with Crippen molar-refractivity contribution >= 4 is 0 Å². The zero-order valence-electron chi connectivity index (χ0n) is 13.0. The van der Waals surface area contributed by atoms with Crippen LogP contribution in [0.2, 0.25) is 0 Å². The molecule has 0 saturated heterocycles. The van der Waals surface area contributed by atoms with Gasteiger partial charge in [-0.05, 0) is 74.7 Å². The first-order chi connectivity index (χ1) is 10.1. The van der Waals surface area contributed by atoms with Gasteiger partial charge in [-0.25, -0.2) is 4.39 Å². The monoisotopic (exact) mass is 290 g/mol. The molecule has 116 valence electrons. The van der Waals surface area contributed by atoms with E-state index in [0.29, 0.717) is 0 Å². The summed E-state index contributed by atoms with van der Waals surface area (Å²) in [5, 5.41) is 0. The third kappa shape index (κ3) is 3.64. The molecule has 0 heterocycles. The Balaban J connectivity index is 1.43. The highest BCUT2D eigenvalue weighted by atomic mass is 19.1. The van der Waals surface area contributed by atoms with Crippen molar-refractivity contribution in [1.29, 1.82) is 0 Å². The van der Waals surface area contributed by atoms with E-state index in [4.69, 9.17) is 5.73 Å². The molecule has 21 heavy (non-hydrogen) atoms. The Bertz CT molecular complexity index is 459. The van der Waals surface area contributed by atoms with Crippen LogP contribution in [-0.2, 0) is 0 Å². The van der Waals surface area contributed by atoms with Crippen LogP contribution < -0.4 is 5.73 Å². The summed E-state index contributed by atoms with van der Waals surface area (Å²) in [6.07, 6.45) is 6.79. The van der Waals surface area contributed by atoms with Gasteiger partial charge in [0.25, 0.3) is 0 Å². The van der Waals surface area contributed by atoms with Gasteiger partial charge >= 0.3 is 0 Å². The molecule has 0 aromatic heterocycles. The van der Waals surface area contributed by atoms with E-state index in [2.05, 4.69) is 11.9 Å². The Labute approximate surface area is 127 Å². The average molecular weight is 290 g/mol. The van der Waals surface area contributed by atoms with Gasteiger partial charge in [-0.2, -0.15) is 0 Å². The average Bonchev–Trinajstić information content (AvgIpc) is 3.08. The lowest BCUT2D eigenvalue weighted by Gasteiger charge is -2.27. The number of hydrogen-bond acceptors (Lipinski definition) is 2. The van der Waals surface area contributed by atoms with Crippen LogP contribution in [0.4, 0.5) is 4.39 Å². The molecular formula is C18H27FN2. The van der Waals surface area contributed by atoms with E-state index in [-0.39, 0.29) is 11.9 Å². The Morgan fingerprint density at radius 2 is 2.00 bits per heavy atom. The molecule has 0 radical (unpaired) electrons. The van der Waals surface area contributed by atoms with Crippen LogP contribution in [0.15, 0.2) is 24.3 Å². The zero-order chi connectivity index (χ0) is 14.8. The summed E-state index contributed by atoms with van der Waals surface area (Å²) in [5.41, 5.74) is 7.25. The molecule has 2 aliphatic carbocycles. The molecule has 3 heteroatoms. The van der Waals surface area contributed by atoms with E-state index in [0.717, 1.165) is 36.3 Å². The summed E-state index contributed by atoms with van der Waals surface area (Å²) in [7, 11) is 2.21. The van der Waals surface area contributed by atoms with E-state index in [1.807, 2.05) is 0 Å². The number of nitrogens with two attached hydrogens (primary N) is 1. The van der Waals surface area contributed by atoms with Crippen molar-refractivity contribution in [3.05, 3.63) is 35.6 Å². The van der Waals surface area contributed by atoms with Gasteiger partial charge in [-0.1, -0.05) is 18.6 Å². The molecule has 2 saturated carbocycles. The maximum Gasteiger partial charge on any atom is 0.123 e. The topological polar surface area (TPSA) is 29.3 Å². The Morgan fingerprint density at radius 3 is 2.62 bits per heavy atom. The fourth-order valence-electron chi connectivity index (χ4n) is 4.33. The molecule has 3 rings (SSSR count). The lowest BCUT2D eigenvalue weighted by atomic mass is 9.88. The van der Waals surface area contributed by atoms with Crippen LogP contribution in [0.3, 0.4) is 0 Å². The molecule has 0 aliphatic heterocycles. The van der Waals surface area contributed by atoms with Crippen molar-refractivity contribution in [3.8, 4) is 0 Å². The number of benzene rings is 1. The lowest BCUT2D eigenvalue weighted by molar-refractivity contribution is 0.215. The maximum absolute atomic E-state index is 12.9. The zero-order valence-corrected chi connectivity index (χ0v) is 13.0. The van der Waals surface area contributed by atoms with E-state index >= 15 is 0 Å². The van der Waals surface area contributed by atoms with E-state index in [9.17, 15) is 4.39 Å². The van der Waals surface area contributed by atoms with Crippen LogP contribution in [0, 0.1) is 23.6 Å². The normalized spacial score (nSPS) is 29.2. The molecule has 1 aromatic rings. The van der Waals surface area contributed by atoms with Gasteiger partial charge in [0.1, 0.15) is 5.82 Å². The Kier molecular flexibility index (Phi) is 4.60. The second-order valence-corrected chi connectivity index (χ2v) is 7.14. The number of hydrogen-bond donors (Lipinski definition) is 1. The summed E-state index contributed by atoms with van der Waals surface area (Å²) in [6.45, 7) is 2.24. The van der Waals surface area contributed by atoms with Gasteiger partial charge in [-0.15, -0.1) is 0 Å². The third-order valence-corrected chi connectivity index (χ3v) is 5.55. The van der Waals surface area contributed by atoms with Gasteiger partial charge < -0.3 is 10.6 Å². The molecule has 2 aliphatic rings. The van der Waals surface area contributed by atoms with Crippen LogP contribution in [-0.4, -0.2) is 25.0 Å². The third-order valence-electron chi connectivity index (χ3n) is 5.55. The van der Waals surface area contributed by atoms with Crippen molar-refractivity contribution in [1.82, 2.24) is 4.90 Å². The molecule has 2 fully saturated rings. The molecule has 4 atom stereocenters. The molecular weight excluding hydrogens is 263 g/mol. The van der Waals surface area contributed by atoms with Gasteiger partial charge in [0.05, 0.1) is 0 Å². The lowest BCUT2D eigenvalue weighted by Crippen LogP contribution is -2.31. The maximum atomic E-state index is 12.9. The smallest absolute Gasteiger partial charge is 0.123 e. The standard InChI is InChI=1S/C18H27FN2/c1-21(12-16-11-13-2-3-15(16)10-13)9-8-18(20)14-4-6-17(19)7-5-14/h4-7,13,15-16,18H,2-3,8-12,20H2,1H3. The molecule has 2 nitrogen and oxygen atoms in total. The second kappa shape index (κ2) is 6.45. The van der Waals surface area contributed by atoms with Crippen LogP contribution in [0.1, 0.15) is 43.7 Å². The van der Waals surface area contributed by atoms with Gasteiger partial charge in [0.2, 0.25) is 0 Å². The van der Waals surface area contributed by atoms with Crippen molar-refractivity contribution in [2.45, 2.75) is 38.1 Å². The van der Waals surface area contributed by atoms with Crippen LogP contribution in [0.5, 0.6) is 0 Å². The fourth-order valence-corrected chi connectivity index (χ4v) is 4.33. The predicted molar refractivity (Wildman–Crippen MR) is 84.4 cm³/mol. The number of fused-ring (bicyclic) bond motifs is 2. The van der Waals surface area contributed by atoms with Gasteiger partial charge in [0.15, 0.2) is 0 Å². The van der Waals surface area contributed by atoms with Gasteiger partial charge in [0, 0.05) is 12.6 Å². The minimum Gasteiger partial charge on any atom is -0.324 e. The number of halogens is 1. The number of nitrogens with zero attached hydrogens (tertiary/aromatic N) is 1. The fraction of sp³-hybridized carbons (Fsp3) is 0.667. The van der Waals surface area contributed by atoms with Crippen molar-refractivity contribution in [3.63, 3.8) is 0 Å². The summed E-state index contributed by atoms with van der Waals surface area (Å²) in [4.78, 5) is 2.44. The predicted octanol–water partition coefficient (Wildman–Crippen LogP) is 3.58. The largest absolute Gasteiger partial charge is 0.324 e. The first-order valence-corrected chi connectivity index (χ1v) is 8.31. The molecule has 1 aromatic carbocycles. The summed E-state index contributed by atoms with van der Waals surface area (Å²) in [6, 6.07) is 6.60. The van der Waals surface area contributed by atoms with Crippen LogP contribution >= 0.6 is 0 Å². The van der Waals surface area contributed by atoms with Gasteiger partial charge in [-0.3, -0.25) is 0 Å². The first-order valence-electron chi connectivity index (χ1n) is 8.31. The summed E-state index contributed by atoms with van der Waals surface area (Å²) >= 11 is 0. The summed E-state index contributed by atoms with van der Waals surface area (Å²) in [5.74, 6) is 2.73. The molecule has 2 N–H and O–H groups in total. The SMILES string of the molecule is CN(CCC(N)c1ccc(F)cc1)CC1CC2CCC1C2.